The molecule has 0 amide bonds. The summed E-state index contributed by atoms with van der Waals surface area (Å²) in [5, 5.41) is 22.1. The second kappa shape index (κ2) is 15.8. The lowest BCUT2D eigenvalue weighted by Gasteiger charge is -1.79. The molecule has 0 spiro atoms. The van der Waals surface area contributed by atoms with Gasteiger partial charge in [-0.05, 0) is 6.42 Å². The van der Waals surface area contributed by atoms with E-state index < -0.39 is 0 Å². The van der Waals surface area contributed by atoms with Gasteiger partial charge in [-0.15, -0.1) is 0 Å². The minimum absolute atomic E-state index is 0. The van der Waals surface area contributed by atoms with Gasteiger partial charge in [-0.25, -0.2) is 0 Å². The second-order valence-corrected chi connectivity index (χ2v) is 1.19. The van der Waals surface area contributed by atoms with Gasteiger partial charge in [0.1, 0.15) is 0 Å². The van der Waals surface area contributed by atoms with Gasteiger partial charge in [-0.2, -0.15) is 0 Å². The average molecular weight is 119 g/mol. The van der Waals surface area contributed by atoms with Crippen LogP contribution in [0.4, 0.5) is 0 Å². The number of rotatable bonds is 2. The maximum absolute atomic E-state index is 8.07. The summed E-state index contributed by atoms with van der Waals surface area (Å²) in [5.74, 6) is 0. The third kappa shape index (κ3) is 38.4. The van der Waals surface area contributed by atoms with Gasteiger partial charge in [0.25, 0.3) is 0 Å². The molecule has 0 saturated carbocycles. The zero-order valence-electron chi connectivity index (χ0n) is 5.04. The standard InChI is InChI=1S/C4H10O.BH2O2/c1-2-3-4-5;2-1-3/h5H,2-4H2,1H3;2-3H. The molecule has 0 bridgehead atoms. The van der Waals surface area contributed by atoms with E-state index in [0.717, 1.165) is 12.8 Å². The molecule has 0 rings (SSSR count). The van der Waals surface area contributed by atoms with Gasteiger partial charge in [-0.1, -0.05) is 13.3 Å². The lowest BCUT2D eigenvalue weighted by molar-refractivity contribution is 0.287. The van der Waals surface area contributed by atoms with Crippen LogP contribution in [-0.4, -0.2) is 29.4 Å². The molecule has 0 heterocycles. The molecule has 0 aliphatic rings. The molecular formula is C4H12BO3. The highest BCUT2D eigenvalue weighted by Crippen LogP contribution is 1.78. The summed E-state index contributed by atoms with van der Waals surface area (Å²) in [6.07, 6.45) is 2.04. The average Bonchev–Trinajstić information content (AvgIpc) is 1.71. The molecule has 1 radical (unpaired) electrons. The van der Waals surface area contributed by atoms with E-state index in [2.05, 4.69) is 6.92 Å². The normalized spacial score (nSPS) is 7.00. The Kier molecular flexibility index (Phi) is 21.4. The Labute approximate surface area is 50.3 Å². The van der Waals surface area contributed by atoms with E-state index in [1.54, 1.807) is 0 Å². The third-order valence-corrected chi connectivity index (χ3v) is 0.512. The van der Waals surface area contributed by atoms with E-state index in [-0.39, 0.29) is 7.69 Å². The third-order valence-electron chi connectivity index (χ3n) is 0.512. The molecule has 0 unspecified atom stereocenters. The summed E-state index contributed by atoms with van der Waals surface area (Å²) in [7, 11) is 0. The lowest BCUT2D eigenvalue weighted by Crippen LogP contribution is -1.75. The van der Waals surface area contributed by atoms with Crippen molar-refractivity contribution in [3.8, 4) is 0 Å². The summed E-state index contributed by atoms with van der Waals surface area (Å²) in [6, 6.07) is 0. The SMILES string of the molecule is CCCCO.O[B]O. The number of aliphatic hydroxyl groups excluding tert-OH is 1. The summed E-state index contributed by atoms with van der Waals surface area (Å²) < 4.78 is 0. The zero-order chi connectivity index (χ0) is 6.83. The van der Waals surface area contributed by atoms with Crippen molar-refractivity contribution in [2.24, 2.45) is 0 Å². The molecule has 0 aromatic carbocycles. The first kappa shape index (κ1) is 10.8. The first-order chi connectivity index (χ1) is 3.83. The van der Waals surface area contributed by atoms with Gasteiger partial charge in [-0.3, -0.25) is 0 Å². The van der Waals surface area contributed by atoms with Crippen molar-refractivity contribution < 1.29 is 15.2 Å². The number of hydrogen-bond acceptors (Lipinski definition) is 3. The van der Waals surface area contributed by atoms with Crippen molar-refractivity contribution >= 4 is 7.69 Å². The van der Waals surface area contributed by atoms with E-state index in [9.17, 15) is 0 Å². The summed E-state index contributed by atoms with van der Waals surface area (Å²) in [6.45, 7) is 2.40. The maximum atomic E-state index is 8.07. The highest BCUT2D eigenvalue weighted by molar-refractivity contribution is 6.13. The second-order valence-electron chi connectivity index (χ2n) is 1.19. The van der Waals surface area contributed by atoms with Gasteiger partial charge in [0.2, 0.25) is 0 Å². The van der Waals surface area contributed by atoms with Crippen LogP contribution in [0.25, 0.3) is 0 Å². The van der Waals surface area contributed by atoms with E-state index in [4.69, 9.17) is 15.2 Å². The largest absolute Gasteiger partial charge is 0.482 e. The van der Waals surface area contributed by atoms with Crippen molar-refractivity contribution in [2.45, 2.75) is 19.8 Å². The highest BCUT2D eigenvalue weighted by atomic mass is 16.4. The molecule has 8 heavy (non-hydrogen) atoms. The molecule has 0 aliphatic heterocycles. The molecule has 4 heteroatoms. The first-order valence-electron chi connectivity index (χ1n) is 2.54. The molecule has 0 aromatic rings. The van der Waals surface area contributed by atoms with Crippen LogP contribution in [0, 0.1) is 0 Å². The van der Waals surface area contributed by atoms with Crippen LogP contribution in [0.5, 0.6) is 0 Å². The number of aliphatic hydroxyl groups is 1. The molecule has 0 aliphatic carbocycles. The van der Waals surface area contributed by atoms with Crippen molar-refractivity contribution in [2.75, 3.05) is 6.61 Å². The van der Waals surface area contributed by atoms with E-state index >= 15 is 0 Å². The van der Waals surface area contributed by atoms with Crippen LogP contribution < -0.4 is 0 Å². The van der Waals surface area contributed by atoms with Gasteiger partial charge in [0, 0.05) is 6.61 Å². The zero-order valence-corrected chi connectivity index (χ0v) is 5.04. The van der Waals surface area contributed by atoms with Crippen LogP contribution in [0.1, 0.15) is 19.8 Å². The van der Waals surface area contributed by atoms with Gasteiger partial charge >= 0.3 is 7.69 Å². The molecule has 0 fully saturated rings. The lowest BCUT2D eigenvalue weighted by atomic mass is 10.4. The number of unbranched alkanes of at least 4 members (excludes halogenated alkanes) is 1. The van der Waals surface area contributed by atoms with E-state index in [1.807, 2.05) is 0 Å². The number of hydrogen-bond donors (Lipinski definition) is 3. The van der Waals surface area contributed by atoms with Gasteiger partial charge in [0.15, 0.2) is 0 Å². The molecule has 3 N–H and O–H groups in total. The predicted octanol–water partition coefficient (Wildman–Crippen LogP) is -0.716. The van der Waals surface area contributed by atoms with Crippen LogP contribution in [0.2, 0.25) is 0 Å². The summed E-state index contributed by atoms with van der Waals surface area (Å²) in [4.78, 5) is 0. The molecule has 0 aromatic heterocycles. The van der Waals surface area contributed by atoms with Gasteiger partial charge in [0.05, 0.1) is 0 Å². The molecular weight excluding hydrogens is 107 g/mol. The quantitative estimate of drug-likeness (QED) is 0.420. The Morgan fingerprint density at radius 3 is 1.75 bits per heavy atom. The van der Waals surface area contributed by atoms with Gasteiger partial charge < -0.3 is 15.2 Å². The van der Waals surface area contributed by atoms with Crippen molar-refractivity contribution in [3.63, 3.8) is 0 Å². The molecule has 3 nitrogen and oxygen atoms in total. The monoisotopic (exact) mass is 119 g/mol. The van der Waals surface area contributed by atoms with Crippen LogP contribution in [-0.2, 0) is 0 Å². The van der Waals surface area contributed by atoms with Crippen molar-refractivity contribution in [1.29, 1.82) is 0 Å². The molecule has 0 atom stereocenters. The van der Waals surface area contributed by atoms with Crippen molar-refractivity contribution in [1.82, 2.24) is 0 Å². The topological polar surface area (TPSA) is 60.7 Å². The van der Waals surface area contributed by atoms with Crippen LogP contribution >= 0.6 is 0 Å². The van der Waals surface area contributed by atoms with Crippen LogP contribution in [0.15, 0.2) is 0 Å². The summed E-state index contributed by atoms with van der Waals surface area (Å²) in [5.41, 5.74) is 0. The first-order valence-corrected chi connectivity index (χ1v) is 2.54. The minimum Gasteiger partial charge on any atom is -0.429 e. The van der Waals surface area contributed by atoms with Crippen molar-refractivity contribution in [3.05, 3.63) is 0 Å². The van der Waals surface area contributed by atoms with E-state index in [0.29, 0.717) is 6.61 Å². The fraction of sp³-hybridized carbons (Fsp3) is 1.00. The summed E-state index contributed by atoms with van der Waals surface area (Å²) >= 11 is 0. The molecule has 49 valence electrons. The maximum Gasteiger partial charge on any atom is 0.482 e. The fourth-order valence-electron chi connectivity index (χ4n) is 0.158. The van der Waals surface area contributed by atoms with Crippen LogP contribution in [0.3, 0.4) is 0 Å². The Bertz CT molecular complexity index is 25.2. The fourth-order valence-corrected chi connectivity index (χ4v) is 0.158. The molecule has 0 saturated heterocycles. The smallest absolute Gasteiger partial charge is 0.429 e. The predicted molar refractivity (Wildman–Crippen MR) is 32.2 cm³/mol. The Hall–Kier alpha value is -0.0551. The highest BCUT2D eigenvalue weighted by Gasteiger charge is 1.69. The minimum atomic E-state index is 0. The Morgan fingerprint density at radius 1 is 1.38 bits per heavy atom. The Morgan fingerprint density at radius 2 is 1.75 bits per heavy atom. The van der Waals surface area contributed by atoms with E-state index in [1.165, 1.54) is 0 Å². The Balaban J connectivity index is 0.